The molecule has 4 bridgehead atoms. The molecule has 1 heterocycles. The Hall–Kier alpha value is -1.51. The third-order valence-electron chi connectivity index (χ3n) is 7.63. The van der Waals surface area contributed by atoms with E-state index in [9.17, 15) is 4.79 Å². The number of benzene rings is 1. The third kappa shape index (κ3) is 2.75. The molecular formula is C23H32N2O. The number of nitrogens with zero attached hydrogens (tertiary/aromatic N) is 2. The van der Waals surface area contributed by atoms with Crippen LogP contribution in [0.3, 0.4) is 0 Å². The van der Waals surface area contributed by atoms with Crippen LogP contribution in [-0.4, -0.2) is 37.0 Å². The maximum Gasteiger partial charge on any atom is 0.228 e. The van der Waals surface area contributed by atoms with Crippen LogP contribution in [0.25, 0.3) is 0 Å². The van der Waals surface area contributed by atoms with E-state index in [-0.39, 0.29) is 5.41 Å². The number of anilines is 1. The number of rotatable bonds is 2. The lowest BCUT2D eigenvalue weighted by atomic mass is 9.49. The molecule has 3 nitrogen and oxygen atoms in total. The standard InChI is InChI=1S/C23H32N2O/c1-16-7-17(2)9-21(8-16)24-3-5-25(6-4-24)22(26)23-13-18-10-19(14-23)12-20(11-18)15-23/h7-9,18-20H,3-6,10-15H2,1-2H3. The van der Waals surface area contributed by atoms with Crippen molar-refractivity contribution in [2.45, 2.75) is 52.4 Å². The van der Waals surface area contributed by atoms with E-state index < -0.39 is 0 Å². The second kappa shape index (κ2) is 6.00. The average Bonchev–Trinajstić information content (AvgIpc) is 2.59. The monoisotopic (exact) mass is 352 g/mol. The fourth-order valence-electron chi connectivity index (χ4n) is 7.01. The van der Waals surface area contributed by atoms with Gasteiger partial charge in [0.05, 0.1) is 5.41 Å². The Morgan fingerprint density at radius 1 is 0.846 bits per heavy atom. The van der Waals surface area contributed by atoms with E-state index in [1.54, 1.807) is 0 Å². The van der Waals surface area contributed by atoms with Crippen LogP contribution in [0.1, 0.15) is 49.7 Å². The number of piperazine rings is 1. The van der Waals surface area contributed by atoms with Gasteiger partial charge >= 0.3 is 0 Å². The van der Waals surface area contributed by atoms with Gasteiger partial charge in [0.2, 0.25) is 5.91 Å². The van der Waals surface area contributed by atoms with Crippen LogP contribution in [0.15, 0.2) is 18.2 Å². The molecule has 0 unspecified atom stereocenters. The summed E-state index contributed by atoms with van der Waals surface area (Å²) >= 11 is 0. The molecule has 0 aromatic heterocycles. The maximum atomic E-state index is 13.5. The summed E-state index contributed by atoms with van der Waals surface area (Å²) < 4.78 is 0. The molecule has 140 valence electrons. The van der Waals surface area contributed by atoms with Crippen molar-refractivity contribution in [3.8, 4) is 0 Å². The Bertz CT molecular complexity index is 661. The van der Waals surface area contributed by atoms with Crippen LogP contribution >= 0.6 is 0 Å². The Kier molecular flexibility index (Phi) is 3.84. The molecule has 0 radical (unpaired) electrons. The van der Waals surface area contributed by atoms with Crippen LogP contribution in [0.2, 0.25) is 0 Å². The molecule has 1 aromatic carbocycles. The van der Waals surface area contributed by atoms with Gasteiger partial charge in [-0.25, -0.2) is 0 Å². The molecule has 5 aliphatic rings. The summed E-state index contributed by atoms with van der Waals surface area (Å²) in [6, 6.07) is 6.80. The van der Waals surface area contributed by atoms with Gasteiger partial charge in [0.25, 0.3) is 0 Å². The Labute approximate surface area is 157 Å². The molecule has 1 aromatic rings. The molecule has 4 saturated carbocycles. The molecule has 0 spiro atoms. The number of aryl methyl sites for hydroxylation is 2. The number of amides is 1. The van der Waals surface area contributed by atoms with E-state index in [1.807, 2.05) is 0 Å². The van der Waals surface area contributed by atoms with Crippen molar-refractivity contribution in [3.63, 3.8) is 0 Å². The van der Waals surface area contributed by atoms with Gasteiger partial charge in [-0.05, 0) is 93.4 Å². The van der Waals surface area contributed by atoms with Crippen LogP contribution in [0, 0.1) is 37.0 Å². The highest BCUT2D eigenvalue weighted by molar-refractivity contribution is 5.83. The molecule has 5 fully saturated rings. The minimum Gasteiger partial charge on any atom is -0.368 e. The van der Waals surface area contributed by atoms with Crippen molar-refractivity contribution in [3.05, 3.63) is 29.3 Å². The van der Waals surface area contributed by atoms with E-state index in [0.717, 1.165) is 43.9 Å². The fraction of sp³-hybridized carbons (Fsp3) is 0.696. The second-order valence-corrected chi connectivity index (χ2v) is 9.82. The van der Waals surface area contributed by atoms with Crippen molar-refractivity contribution < 1.29 is 4.79 Å². The first-order chi connectivity index (χ1) is 12.5. The molecule has 1 saturated heterocycles. The van der Waals surface area contributed by atoms with Crippen LogP contribution in [0.4, 0.5) is 5.69 Å². The number of hydrogen-bond donors (Lipinski definition) is 0. The van der Waals surface area contributed by atoms with Gasteiger partial charge in [-0.15, -0.1) is 0 Å². The minimum atomic E-state index is 0.0246. The van der Waals surface area contributed by atoms with E-state index in [4.69, 9.17) is 0 Å². The number of carbonyl (C=O) groups excluding carboxylic acids is 1. The largest absolute Gasteiger partial charge is 0.368 e. The lowest BCUT2D eigenvalue weighted by Gasteiger charge is -2.57. The first kappa shape index (κ1) is 16.6. The van der Waals surface area contributed by atoms with Gasteiger partial charge in [-0.1, -0.05) is 6.07 Å². The summed E-state index contributed by atoms with van der Waals surface area (Å²) in [6.07, 6.45) is 7.80. The van der Waals surface area contributed by atoms with Gasteiger partial charge in [0.1, 0.15) is 0 Å². The predicted octanol–water partition coefficient (Wildman–Crippen LogP) is 4.17. The van der Waals surface area contributed by atoms with Crippen LogP contribution < -0.4 is 4.90 Å². The molecule has 1 amide bonds. The quantitative estimate of drug-likeness (QED) is 0.797. The summed E-state index contributed by atoms with van der Waals surface area (Å²) in [4.78, 5) is 18.2. The Balaban J connectivity index is 1.27. The maximum absolute atomic E-state index is 13.5. The lowest BCUT2D eigenvalue weighted by Crippen LogP contribution is -2.58. The van der Waals surface area contributed by atoms with Crippen molar-refractivity contribution in [1.82, 2.24) is 4.90 Å². The van der Waals surface area contributed by atoms with Gasteiger partial charge in [0, 0.05) is 31.9 Å². The second-order valence-electron chi connectivity index (χ2n) is 9.82. The predicted molar refractivity (Wildman–Crippen MR) is 105 cm³/mol. The Morgan fingerprint density at radius 2 is 1.35 bits per heavy atom. The molecule has 0 N–H and O–H groups in total. The number of carbonyl (C=O) groups is 1. The van der Waals surface area contributed by atoms with Crippen molar-refractivity contribution in [1.29, 1.82) is 0 Å². The molecule has 1 aliphatic heterocycles. The molecule has 3 heteroatoms. The zero-order valence-corrected chi connectivity index (χ0v) is 16.3. The summed E-state index contributed by atoms with van der Waals surface area (Å²) in [5.41, 5.74) is 4.00. The molecular weight excluding hydrogens is 320 g/mol. The van der Waals surface area contributed by atoms with Crippen LogP contribution in [0.5, 0.6) is 0 Å². The van der Waals surface area contributed by atoms with Crippen molar-refractivity contribution in [2.24, 2.45) is 23.2 Å². The smallest absolute Gasteiger partial charge is 0.228 e. The van der Waals surface area contributed by atoms with Crippen LogP contribution in [-0.2, 0) is 4.79 Å². The number of hydrogen-bond acceptors (Lipinski definition) is 2. The molecule has 4 aliphatic carbocycles. The highest BCUT2D eigenvalue weighted by Crippen LogP contribution is 2.60. The summed E-state index contributed by atoms with van der Waals surface area (Å²) in [6.45, 7) is 8.08. The van der Waals surface area contributed by atoms with Gasteiger partial charge < -0.3 is 9.80 Å². The van der Waals surface area contributed by atoms with E-state index in [1.165, 1.54) is 55.3 Å². The van der Waals surface area contributed by atoms with E-state index in [2.05, 4.69) is 41.8 Å². The third-order valence-corrected chi connectivity index (χ3v) is 7.63. The van der Waals surface area contributed by atoms with Gasteiger partial charge in [0.15, 0.2) is 0 Å². The van der Waals surface area contributed by atoms with E-state index >= 15 is 0 Å². The normalized spacial score (nSPS) is 35.8. The first-order valence-electron chi connectivity index (χ1n) is 10.6. The Morgan fingerprint density at radius 3 is 1.85 bits per heavy atom. The summed E-state index contributed by atoms with van der Waals surface area (Å²) in [5.74, 6) is 3.06. The highest BCUT2D eigenvalue weighted by atomic mass is 16.2. The summed E-state index contributed by atoms with van der Waals surface area (Å²) in [7, 11) is 0. The SMILES string of the molecule is Cc1cc(C)cc(N2CCN(C(=O)C34CC5CC(CC(C5)C3)C4)CC2)c1. The topological polar surface area (TPSA) is 23.6 Å². The van der Waals surface area contributed by atoms with Crippen molar-refractivity contribution >= 4 is 11.6 Å². The minimum absolute atomic E-state index is 0.0246. The highest BCUT2D eigenvalue weighted by Gasteiger charge is 2.55. The van der Waals surface area contributed by atoms with Gasteiger partial charge in [-0.2, -0.15) is 0 Å². The molecule has 6 rings (SSSR count). The van der Waals surface area contributed by atoms with E-state index in [0.29, 0.717) is 5.91 Å². The zero-order valence-electron chi connectivity index (χ0n) is 16.3. The average molecular weight is 353 g/mol. The first-order valence-corrected chi connectivity index (χ1v) is 10.6. The molecule has 26 heavy (non-hydrogen) atoms. The summed E-state index contributed by atoms with van der Waals surface area (Å²) in [5, 5.41) is 0. The lowest BCUT2D eigenvalue weighted by molar-refractivity contribution is -0.158. The zero-order chi connectivity index (χ0) is 17.9. The molecule has 0 atom stereocenters. The van der Waals surface area contributed by atoms with Gasteiger partial charge in [-0.3, -0.25) is 4.79 Å². The fourth-order valence-corrected chi connectivity index (χ4v) is 7.01. The van der Waals surface area contributed by atoms with Crippen molar-refractivity contribution in [2.75, 3.05) is 31.1 Å².